The molecule has 0 bridgehead atoms. The van der Waals surface area contributed by atoms with Crippen molar-refractivity contribution in [3.63, 3.8) is 0 Å². The van der Waals surface area contributed by atoms with E-state index in [4.69, 9.17) is 10.5 Å². The Morgan fingerprint density at radius 2 is 1.81 bits per heavy atom. The first-order chi connectivity index (χ1) is 10.1. The Bertz CT molecular complexity index is 714. The van der Waals surface area contributed by atoms with Crippen LogP contribution in [0.1, 0.15) is 22.8 Å². The summed E-state index contributed by atoms with van der Waals surface area (Å²) in [7, 11) is 0. The zero-order valence-corrected chi connectivity index (χ0v) is 11.0. The molecule has 0 saturated carbocycles. The van der Waals surface area contributed by atoms with Gasteiger partial charge in [0.05, 0.1) is 29.0 Å². The first-order valence-electron chi connectivity index (χ1n) is 6.25. The minimum absolute atomic E-state index is 0.173. The summed E-state index contributed by atoms with van der Waals surface area (Å²) in [6.45, 7) is 0.173. The van der Waals surface area contributed by atoms with Crippen molar-refractivity contribution >= 4 is 5.69 Å². The molecule has 104 valence electrons. The van der Waals surface area contributed by atoms with Crippen LogP contribution in [0, 0.1) is 28.5 Å². The molecule has 2 aromatic rings. The maximum atomic E-state index is 13.0. The summed E-state index contributed by atoms with van der Waals surface area (Å²) in [6, 6.07) is 14.3. The van der Waals surface area contributed by atoms with Crippen LogP contribution >= 0.6 is 0 Å². The highest BCUT2D eigenvalue weighted by Gasteiger charge is 2.09. The summed E-state index contributed by atoms with van der Waals surface area (Å²) in [5, 5.41) is 30.6. The molecular formula is C16H12FN3O. The minimum atomic E-state index is -0.797. The zero-order valence-electron chi connectivity index (χ0n) is 11.0. The molecule has 1 unspecified atom stereocenters. The molecule has 0 aromatic heterocycles. The van der Waals surface area contributed by atoms with Crippen LogP contribution in [0.5, 0.6) is 0 Å². The molecular weight excluding hydrogens is 269 g/mol. The molecule has 4 nitrogen and oxygen atoms in total. The van der Waals surface area contributed by atoms with E-state index in [1.807, 2.05) is 12.1 Å². The van der Waals surface area contributed by atoms with Crippen LogP contribution in [0.25, 0.3) is 0 Å². The summed E-state index contributed by atoms with van der Waals surface area (Å²) >= 11 is 0. The predicted molar refractivity (Wildman–Crippen MR) is 75.7 cm³/mol. The van der Waals surface area contributed by atoms with Gasteiger partial charge in [-0.05, 0) is 35.9 Å². The molecule has 0 aliphatic carbocycles. The Morgan fingerprint density at radius 1 is 1.10 bits per heavy atom. The Kier molecular flexibility index (Phi) is 4.50. The third-order valence-corrected chi connectivity index (χ3v) is 3.01. The fourth-order valence-electron chi connectivity index (χ4n) is 1.87. The summed E-state index contributed by atoms with van der Waals surface area (Å²) in [4.78, 5) is 0. The number of anilines is 1. The van der Waals surface area contributed by atoms with Crippen molar-refractivity contribution in [3.05, 3.63) is 65.0 Å². The van der Waals surface area contributed by atoms with Crippen molar-refractivity contribution in [1.29, 1.82) is 10.5 Å². The van der Waals surface area contributed by atoms with E-state index in [0.29, 0.717) is 16.8 Å². The van der Waals surface area contributed by atoms with E-state index in [2.05, 4.69) is 5.32 Å². The van der Waals surface area contributed by atoms with E-state index in [1.54, 1.807) is 24.3 Å². The zero-order chi connectivity index (χ0) is 15.2. The molecule has 0 aliphatic rings. The van der Waals surface area contributed by atoms with E-state index >= 15 is 0 Å². The molecule has 0 amide bonds. The lowest BCUT2D eigenvalue weighted by Gasteiger charge is -2.14. The number of hydrogen-bond acceptors (Lipinski definition) is 4. The third-order valence-electron chi connectivity index (χ3n) is 3.01. The number of aliphatic hydroxyl groups is 1. The van der Waals surface area contributed by atoms with Crippen LogP contribution in [0.4, 0.5) is 10.1 Å². The molecule has 0 aliphatic heterocycles. The Labute approximate surface area is 121 Å². The average molecular weight is 281 g/mol. The normalized spacial score (nSPS) is 11.2. The number of benzene rings is 2. The van der Waals surface area contributed by atoms with Gasteiger partial charge in [0.15, 0.2) is 0 Å². The number of aliphatic hydroxyl groups excluding tert-OH is 1. The lowest BCUT2D eigenvalue weighted by molar-refractivity contribution is 0.191. The summed E-state index contributed by atoms with van der Waals surface area (Å²) < 4.78 is 13.0. The quantitative estimate of drug-likeness (QED) is 0.903. The molecule has 0 saturated heterocycles. The van der Waals surface area contributed by atoms with Crippen LogP contribution in [0.15, 0.2) is 42.5 Å². The average Bonchev–Trinajstić information content (AvgIpc) is 2.53. The van der Waals surface area contributed by atoms with Gasteiger partial charge in [-0.2, -0.15) is 10.5 Å². The number of rotatable bonds is 4. The smallest absolute Gasteiger partial charge is 0.124 e. The minimum Gasteiger partial charge on any atom is -0.387 e. The molecule has 0 radical (unpaired) electrons. The molecule has 0 fully saturated rings. The lowest BCUT2D eigenvalue weighted by atomic mass is 10.1. The van der Waals surface area contributed by atoms with E-state index < -0.39 is 11.9 Å². The van der Waals surface area contributed by atoms with Crippen molar-refractivity contribution in [1.82, 2.24) is 0 Å². The van der Waals surface area contributed by atoms with Gasteiger partial charge in [0.25, 0.3) is 0 Å². The molecule has 2 rings (SSSR count). The molecule has 0 heterocycles. The first-order valence-corrected chi connectivity index (χ1v) is 6.25. The predicted octanol–water partition coefficient (Wildman–Crippen LogP) is 2.71. The summed E-state index contributed by atoms with van der Waals surface area (Å²) in [6.07, 6.45) is -0.797. The second-order valence-corrected chi connectivity index (χ2v) is 4.43. The van der Waals surface area contributed by atoms with Crippen LogP contribution in [-0.2, 0) is 0 Å². The van der Waals surface area contributed by atoms with E-state index in [9.17, 15) is 9.50 Å². The van der Waals surface area contributed by atoms with Crippen molar-refractivity contribution in [2.45, 2.75) is 6.10 Å². The van der Waals surface area contributed by atoms with Gasteiger partial charge in [0, 0.05) is 6.54 Å². The lowest BCUT2D eigenvalue weighted by Crippen LogP contribution is -2.13. The topological polar surface area (TPSA) is 79.8 Å². The van der Waals surface area contributed by atoms with E-state index in [1.165, 1.54) is 12.1 Å². The Hall–Kier alpha value is -2.89. The Morgan fingerprint density at radius 3 is 2.43 bits per heavy atom. The van der Waals surface area contributed by atoms with E-state index in [-0.39, 0.29) is 12.1 Å². The van der Waals surface area contributed by atoms with Crippen molar-refractivity contribution in [2.75, 3.05) is 11.9 Å². The fraction of sp³-hybridized carbons (Fsp3) is 0.125. The fourth-order valence-corrected chi connectivity index (χ4v) is 1.87. The van der Waals surface area contributed by atoms with Crippen molar-refractivity contribution < 1.29 is 9.50 Å². The SMILES string of the molecule is N#Cc1ccc(C(O)CNc2ccc(F)cc2C#N)cc1. The number of halogens is 1. The number of nitrogens with zero attached hydrogens (tertiary/aromatic N) is 2. The molecule has 2 aromatic carbocycles. The molecule has 0 spiro atoms. The largest absolute Gasteiger partial charge is 0.387 e. The highest BCUT2D eigenvalue weighted by Crippen LogP contribution is 2.19. The third kappa shape index (κ3) is 3.56. The number of nitrogens with one attached hydrogen (secondary N) is 1. The van der Waals surface area contributed by atoms with Crippen molar-refractivity contribution in [2.24, 2.45) is 0 Å². The second kappa shape index (κ2) is 6.51. The molecule has 5 heteroatoms. The monoisotopic (exact) mass is 281 g/mol. The first kappa shape index (κ1) is 14.5. The highest BCUT2D eigenvalue weighted by atomic mass is 19.1. The van der Waals surface area contributed by atoms with Crippen molar-refractivity contribution in [3.8, 4) is 12.1 Å². The summed E-state index contributed by atoms with van der Waals surface area (Å²) in [5.41, 5.74) is 1.82. The number of nitriles is 2. The maximum absolute atomic E-state index is 13.0. The summed E-state index contributed by atoms with van der Waals surface area (Å²) in [5.74, 6) is -0.482. The molecule has 21 heavy (non-hydrogen) atoms. The number of hydrogen-bond donors (Lipinski definition) is 2. The second-order valence-electron chi connectivity index (χ2n) is 4.43. The highest BCUT2D eigenvalue weighted by molar-refractivity contribution is 5.57. The molecule has 1 atom stereocenters. The van der Waals surface area contributed by atoms with Crippen LogP contribution in [0.3, 0.4) is 0 Å². The Balaban J connectivity index is 2.05. The van der Waals surface area contributed by atoms with Gasteiger partial charge < -0.3 is 10.4 Å². The van der Waals surface area contributed by atoms with Crippen LogP contribution in [0.2, 0.25) is 0 Å². The van der Waals surface area contributed by atoms with Gasteiger partial charge in [-0.1, -0.05) is 12.1 Å². The maximum Gasteiger partial charge on any atom is 0.124 e. The van der Waals surface area contributed by atoms with Gasteiger partial charge in [0.1, 0.15) is 11.9 Å². The van der Waals surface area contributed by atoms with Gasteiger partial charge >= 0.3 is 0 Å². The van der Waals surface area contributed by atoms with E-state index in [0.717, 1.165) is 6.07 Å². The van der Waals surface area contributed by atoms with Crippen LogP contribution < -0.4 is 5.32 Å². The van der Waals surface area contributed by atoms with Gasteiger partial charge in [0.2, 0.25) is 0 Å². The van der Waals surface area contributed by atoms with Gasteiger partial charge in [-0.15, -0.1) is 0 Å². The van der Waals surface area contributed by atoms with Gasteiger partial charge in [-0.25, -0.2) is 4.39 Å². The van der Waals surface area contributed by atoms with Gasteiger partial charge in [-0.3, -0.25) is 0 Å². The van der Waals surface area contributed by atoms with Crippen LogP contribution in [-0.4, -0.2) is 11.7 Å². The standard InChI is InChI=1S/C16H12FN3O/c17-14-5-6-15(13(7-14)9-19)20-10-16(21)12-3-1-11(8-18)2-4-12/h1-7,16,20-21H,10H2. The molecule has 2 N–H and O–H groups in total.